The fourth-order valence-corrected chi connectivity index (χ4v) is 6.63. The van der Waals surface area contributed by atoms with E-state index in [2.05, 4.69) is 97.1 Å². The average molecular weight is 412 g/mol. The first kappa shape index (κ1) is 21.4. The molecular formula is C24H34N2P2. The van der Waals surface area contributed by atoms with Gasteiger partial charge in [-0.15, -0.1) is 9.24 Å². The summed E-state index contributed by atoms with van der Waals surface area (Å²) in [5.41, 5.74) is 8.87. The van der Waals surface area contributed by atoms with Crippen LogP contribution in [-0.4, -0.2) is 9.97 Å². The normalized spacial score (nSPS) is 12.7. The fraction of sp³-hybridized carbons (Fsp3) is 0.417. The zero-order chi connectivity index (χ0) is 20.5. The first-order valence-electron chi connectivity index (χ1n) is 10.0. The van der Waals surface area contributed by atoms with E-state index in [1.807, 2.05) is 12.4 Å². The average Bonchev–Trinajstić information content (AvgIpc) is 3.31. The van der Waals surface area contributed by atoms with E-state index in [4.69, 9.17) is 0 Å². The summed E-state index contributed by atoms with van der Waals surface area (Å²) in [4.78, 5) is 6.98. The van der Waals surface area contributed by atoms with Crippen molar-refractivity contribution in [1.82, 2.24) is 9.97 Å². The highest BCUT2D eigenvalue weighted by atomic mass is 31.1. The molecule has 3 rings (SSSR count). The van der Waals surface area contributed by atoms with E-state index in [0.717, 1.165) is 12.3 Å². The third-order valence-electron chi connectivity index (χ3n) is 5.25. The molecule has 4 heteroatoms. The van der Waals surface area contributed by atoms with Gasteiger partial charge >= 0.3 is 0 Å². The van der Waals surface area contributed by atoms with E-state index in [1.165, 1.54) is 33.1 Å². The van der Waals surface area contributed by atoms with E-state index >= 15 is 0 Å². The molecule has 0 saturated heterocycles. The summed E-state index contributed by atoms with van der Waals surface area (Å²) in [5, 5.41) is 0. The van der Waals surface area contributed by atoms with E-state index in [0.29, 0.717) is 0 Å². The second-order valence-electron chi connectivity index (χ2n) is 9.53. The Labute approximate surface area is 173 Å². The molecule has 1 atom stereocenters. The SMILES string of the molecule is CC(C)(C)c1ccc(CP)c(CP(c2ccc[nH]2)c2ccc[nH]2)c1C(C)(C)C. The minimum atomic E-state index is -0.507. The van der Waals surface area contributed by atoms with Crippen LogP contribution in [0.15, 0.2) is 48.8 Å². The third kappa shape index (κ3) is 4.45. The van der Waals surface area contributed by atoms with Gasteiger partial charge in [0.1, 0.15) is 0 Å². The molecule has 2 N–H and O–H groups in total. The largest absolute Gasteiger partial charge is 0.361 e. The Balaban J connectivity index is 2.21. The smallest absolute Gasteiger partial charge is 0.0448 e. The van der Waals surface area contributed by atoms with Crippen LogP contribution in [0.5, 0.6) is 0 Å². The first-order chi connectivity index (χ1) is 13.1. The van der Waals surface area contributed by atoms with Crippen molar-refractivity contribution in [2.24, 2.45) is 0 Å². The van der Waals surface area contributed by atoms with Gasteiger partial charge in [0.15, 0.2) is 0 Å². The summed E-state index contributed by atoms with van der Waals surface area (Å²) in [6.45, 7) is 14.1. The summed E-state index contributed by atoms with van der Waals surface area (Å²) in [5.74, 6) is 0. The van der Waals surface area contributed by atoms with E-state index in [9.17, 15) is 0 Å². The quantitative estimate of drug-likeness (QED) is 0.486. The zero-order valence-corrected chi connectivity index (χ0v) is 20.1. The van der Waals surface area contributed by atoms with Gasteiger partial charge in [0.25, 0.3) is 0 Å². The van der Waals surface area contributed by atoms with E-state index in [-0.39, 0.29) is 10.8 Å². The van der Waals surface area contributed by atoms with Crippen LogP contribution in [0.1, 0.15) is 63.8 Å². The molecule has 0 aliphatic heterocycles. The van der Waals surface area contributed by atoms with Crippen molar-refractivity contribution in [3.63, 3.8) is 0 Å². The molecule has 1 aromatic carbocycles. The minimum absolute atomic E-state index is 0.0975. The lowest BCUT2D eigenvalue weighted by atomic mass is 9.72. The second-order valence-corrected chi connectivity index (χ2v) is 12.1. The zero-order valence-electron chi connectivity index (χ0n) is 18.1. The lowest BCUT2D eigenvalue weighted by Gasteiger charge is -2.34. The molecule has 1 unspecified atom stereocenters. The summed E-state index contributed by atoms with van der Waals surface area (Å²) >= 11 is 0. The van der Waals surface area contributed by atoms with Crippen LogP contribution >= 0.6 is 17.2 Å². The molecule has 150 valence electrons. The molecule has 2 heterocycles. The number of aromatic nitrogens is 2. The molecule has 3 aromatic rings. The Bertz CT molecular complexity index is 861. The van der Waals surface area contributed by atoms with Gasteiger partial charge in [-0.1, -0.05) is 53.7 Å². The Morgan fingerprint density at radius 2 is 1.39 bits per heavy atom. The number of hydrogen-bond acceptors (Lipinski definition) is 0. The number of hydrogen-bond donors (Lipinski definition) is 2. The molecule has 0 spiro atoms. The molecule has 0 aliphatic rings. The summed E-state index contributed by atoms with van der Waals surface area (Å²) in [6, 6.07) is 13.4. The highest BCUT2D eigenvalue weighted by Crippen LogP contribution is 2.44. The number of aromatic amines is 2. The lowest BCUT2D eigenvalue weighted by molar-refractivity contribution is 0.526. The van der Waals surface area contributed by atoms with Crippen molar-refractivity contribution in [2.45, 2.75) is 64.7 Å². The van der Waals surface area contributed by atoms with Crippen molar-refractivity contribution in [2.75, 3.05) is 0 Å². The van der Waals surface area contributed by atoms with Crippen LogP contribution in [-0.2, 0) is 23.2 Å². The molecule has 0 bridgehead atoms. The van der Waals surface area contributed by atoms with Gasteiger partial charge in [-0.3, -0.25) is 0 Å². The first-order valence-corrected chi connectivity index (χ1v) is 12.4. The van der Waals surface area contributed by atoms with Crippen molar-refractivity contribution >= 4 is 28.0 Å². The summed E-state index contributed by atoms with van der Waals surface area (Å²) < 4.78 is 0. The van der Waals surface area contributed by atoms with Gasteiger partial charge in [-0.25, -0.2) is 0 Å². The van der Waals surface area contributed by atoms with Crippen molar-refractivity contribution < 1.29 is 0 Å². The molecule has 28 heavy (non-hydrogen) atoms. The Morgan fingerprint density at radius 1 is 0.821 bits per heavy atom. The molecule has 0 amide bonds. The van der Waals surface area contributed by atoms with Gasteiger partial charge in [0.2, 0.25) is 0 Å². The van der Waals surface area contributed by atoms with Gasteiger partial charge in [0.05, 0.1) is 0 Å². The number of H-pyrrole nitrogens is 2. The molecule has 0 aliphatic carbocycles. The van der Waals surface area contributed by atoms with Crippen LogP contribution < -0.4 is 10.9 Å². The van der Waals surface area contributed by atoms with Crippen LogP contribution in [0.25, 0.3) is 0 Å². The van der Waals surface area contributed by atoms with Crippen LogP contribution in [0, 0.1) is 0 Å². The van der Waals surface area contributed by atoms with Gasteiger partial charge in [-0.05, 0) is 71.4 Å². The summed E-state index contributed by atoms with van der Waals surface area (Å²) in [7, 11) is 2.44. The molecular weight excluding hydrogens is 378 g/mol. The number of rotatable bonds is 5. The molecule has 0 fully saturated rings. The maximum Gasteiger partial charge on any atom is 0.0448 e. The van der Waals surface area contributed by atoms with Crippen LogP contribution in [0.2, 0.25) is 0 Å². The Morgan fingerprint density at radius 3 is 1.79 bits per heavy atom. The van der Waals surface area contributed by atoms with Crippen molar-refractivity contribution in [3.8, 4) is 0 Å². The summed E-state index contributed by atoms with van der Waals surface area (Å²) in [6.07, 6.45) is 6.12. The second kappa shape index (κ2) is 8.17. The monoisotopic (exact) mass is 412 g/mol. The molecule has 2 aromatic heterocycles. The highest BCUT2D eigenvalue weighted by Gasteiger charge is 2.30. The highest BCUT2D eigenvalue weighted by molar-refractivity contribution is 7.71. The van der Waals surface area contributed by atoms with E-state index in [1.54, 1.807) is 0 Å². The van der Waals surface area contributed by atoms with Gasteiger partial charge < -0.3 is 9.97 Å². The van der Waals surface area contributed by atoms with Crippen LogP contribution in [0.4, 0.5) is 0 Å². The van der Waals surface area contributed by atoms with Gasteiger partial charge in [-0.2, -0.15) is 0 Å². The minimum Gasteiger partial charge on any atom is -0.361 e. The van der Waals surface area contributed by atoms with Crippen LogP contribution in [0.3, 0.4) is 0 Å². The Kier molecular flexibility index (Phi) is 6.23. The van der Waals surface area contributed by atoms with Crippen molar-refractivity contribution in [3.05, 3.63) is 71.0 Å². The maximum atomic E-state index is 3.49. The fourth-order valence-electron chi connectivity index (χ4n) is 3.98. The number of nitrogens with one attached hydrogen (secondary N) is 2. The predicted octanol–water partition coefficient (Wildman–Crippen LogP) is 5.95. The Hall–Kier alpha value is -1.36. The topological polar surface area (TPSA) is 31.6 Å². The maximum absolute atomic E-state index is 3.49. The van der Waals surface area contributed by atoms with Crippen molar-refractivity contribution in [1.29, 1.82) is 0 Å². The molecule has 2 nitrogen and oxygen atoms in total. The molecule has 0 saturated carbocycles. The standard InChI is InChI=1S/C24H34N2P2/c1-23(2,3)19-12-11-17(15-27)18(22(19)24(4,5)6)16-28(20-9-7-13-25-20)21-10-8-14-26-21/h7-14,25-26H,15-16,27H2,1-6H3. The van der Waals surface area contributed by atoms with Gasteiger partial charge in [0, 0.05) is 29.4 Å². The van der Waals surface area contributed by atoms with E-state index < -0.39 is 7.92 Å². The third-order valence-corrected chi connectivity index (χ3v) is 8.04. The predicted molar refractivity (Wildman–Crippen MR) is 129 cm³/mol. The number of benzene rings is 1. The molecule has 0 radical (unpaired) electrons. The lowest BCUT2D eigenvalue weighted by Crippen LogP contribution is -2.26.